The van der Waals surface area contributed by atoms with Crippen molar-refractivity contribution in [2.75, 3.05) is 19.5 Å². The molecule has 0 spiro atoms. The van der Waals surface area contributed by atoms with Crippen molar-refractivity contribution in [1.29, 1.82) is 0 Å². The van der Waals surface area contributed by atoms with Crippen molar-refractivity contribution in [3.05, 3.63) is 94.9 Å². The summed E-state index contributed by atoms with van der Waals surface area (Å²) in [6.07, 6.45) is 0.691. The van der Waals surface area contributed by atoms with E-state index in [2.05, 4.69) is 22.8 Å². The van der Waals surface area contributed by atoms with Crippen LogP contribution in [0.25, 0.3) is 11.3 Å². The van der Waals surface area contributed by atoms with Gasteiger partial charge in [-0.1, -0.05) is 60.7 Å². The average Bonchev–Trinajstić information content (AvgIpc) is 3.30. The molecule has 4 rings (SSSR count). The van der Waals surface area contributed by atoms with Crippen molar-refractivity contribution in [3.8, 4) is 22.8 Å². The van der Waals surface area contributed by atoms with E-state index in [0.29, 0.717) is 28.6 Å². The number of ether oxygens (including phenoxy) is 2. The minimum atomic E-state index is -1.22. The Kier molecular flexibility index (Phi) is 7.89. The highest BCUT2D eigenvalue weighted by Crippen LogP contribution is 2.33. The van der Waals surface area contributed by atoms with Crippen LogP contribution >= 0.6 is 11.3 Å². The van der Waals surface area contributed by atoms with Gasteiger partial charge in [0.1, 0.15) is 17.0 Å². The number of methoxy groups -OCH3 is 2. The molecule has 1 heterocycles. The van der Waals surface area contributed by atoms with E-state index in [9.17, 15) is 9.59 Å². The van der Waals surface area contributed by atoms with Gasteiger partial charge in [-0.25, -0.2) is 4.98 Å². The lowest BCUT2D eigenvalue weighted by Gasteiger charge is -2.24. The Morgan fingerprint density at radius 1 is 0.892 bits per heavy atom. The zero-order chi connectivity index (χ0) is 26.4. The van der Waals surface area contributed by atoms with E-state index in [0.717, 1.165) is 21.7 Å². The molecule has 190 valence electrons. The Morgan fingerprint density at radius 2 is 1.49 bits per heavy atom. The number of benzene rings is 3. The molecule has 4 aromatic rings. The van der Waals surface area contributed by atoms with Crippen LogP contribution in [0.5, 0.6) is 11.5 Å². The van der Waals surface area contributed by atoms with Gasteiger partial charge < -0.3 is 14.8 Å². The first-order chi connectivity index (χ1) is 17.8. The minimum Gasteiger partial charge on any atom is -0.497 e. The number of hydrogen-bond acceptors (Lipinski definition) is 6. The molecule has 2 amide bonds. The molecular formula is C29H29N3O4S. The number of nitrogens with one attached hydrogen (secondary N) is 2. The van der Waals surface area contributed by atoms with Crippen molar-refractivity contribution in [1.82, 2.24) is 10.3 Å². The van der Waals surface area contributed by atoms with Crippen molar-refractivity contribution in [2.24, 2.45) is 0 Å². The number of anilines is 1. The molecule has 7 nitrogen and oxygen atoms in total. The van der Waals surface area contributed by atoms with Crippen LogP contribution in [0.2, 0.25) is 0 Å². The number of thiazole rings is 1. The van der Waals surface area contributed by atoms with Crippen LogP contribution in [0, 0.1) is 0 Å². The maximum atomic E-state index is 13.3. The average molecular weight is 516 g/mol. The van der Waals surface area contributed by atoms with Gasteiger partial charge in [-0.05, 0) is 31.5 Å². The highest BCUT2D eigenvalue weighted by atomic mass is 32.1. The summed E-state index contributed by atoms with van der Waals surface area (Å²) < 4.78 is 10.5. The normalized spacial score (nSPS) is 11.0. The first-order valence-electron chi connectivity index (χ1n) is 11.7. The van der Waals surface area contributed by atoms with Crippen LogP contribution in [0.15, 0.2) is 78.9 Å². The summed E-state index contributed by atoms with van der Waals surface area (Å²) in [5.41, 5.74) is 2.07. The molecule has 2 N–H and O–H groups in total. The van der Waals surface area contributed by atoms with Gasteiger partial charge in [0, 0.05) is 28.5 Å². The third kappa shape index (κ3) is 6.34. The van der Waals surface area contributed by atoms with E-state index >= 15 is 0 Å². The fraction of sp³-hybridized carbons (Fsp3) is 0.207. The van der Waals surface area contributed by atoms with E-state index < -0.39 is 11.4 Å². The predicted octanol–water partition coefficient (Wildman–Crippen LogP) is 5.57. The summed E-state index contributed by atoms with van der Waals surface area (Å²) in [6, 6.07) is 24.9. The van der Waals surface area contributed by atoms with Crippen LogP contribution in [0.1, 0.15) is 34.6 Å². The summed E-state index contributed by atoms with van der Waals surface area (Å²) in [7, 11) is 3.02. The first-order valence-corrected chi connectivity index (χ1v) is 12.6. The molecule has 0 radical (unpaired) electrons. The molecular weight excluding hydrogens is 486 g/mol. The smallest absolute Gasteiger partial charge is 0.252 e. The van der Waals surface area contributed by atoms with Crippen LogP contribution in [0.4, 0.5) is 5.13 Å². The monoisotopic (exact) mass is 515 g/mol. The summed E-state index contributed by atoms with van der Waals surface area (Å²) in [5.74, 6) is 0.157. The molecule has 0 saturated heterocycles. The zero-order valence-electron chi connectivity index (χ0n) is 21.2. The Labute approximate surface area is 220 Å². The quantitative estimate of drug-likeness (QED) is 0.304. The molecule has 3 aromatic carbocycles. The molecule has 0 fully saturated rings. The molecule has 0 aliphatic heterocycles. The van der Waals surface area contributed by atoms with Crippen molar-refractivity contribution in [3.63, 3.8) is 0 Å². The Morgan fingerprint density at radius 3 is 2.08 bits per heavy atom. The molecule has 0 saturated carbocycles. The third-order valence-corrected chi connectivity index (χ3v) is 6.75. The highest BCUT2D eigenvalue weighted by molar-refractivity contribution is 7.16. The number of carbonyl (C=O) groups excluding carboxylic acids is 2. The van der Waals surface area contributed by atoms with E-state index in [1.165, 1.54) is 25.6 Å². The van der Waals surface area contributed by atoms with Crippen molar-refractivity contribution >= 4 is 28.3 Å². The molecule has 0 unspecified atom stereocenters. The Hall–Kier alpha value is -4.17. The van der Waals surface area contributed by atoms with Gasteiger partial charge in [0.2, 0.25) is 0 Å². The summed E-state index contributed by atoms with van der Waals surface area (Å²) in [4.78, 5) is 32.0. The van der Waals surface area contributed by atoms with Gasteiger partial charge >= 0.3 is 0 Å². The number of aromatic nitrogens is 1. The second-order valence-electron chi connectivity index (χ2n) is 8.95. The third-order valence-electron chi connectivity index (χ3n) is 5.78. The Bertz CT molecular complexity index is 1360. The standard InChI is InChI=1S/C29H29N3O4S/c1-29(2,32-26(33)21-16-22(35-3)18-23(17-21)36-4)27(34)31-28-30-25(20-13-9-6-10-14-20)24(37-28)15-19-11-7-5-8-12-19/h5-14,16-18H,15H2,1-4H3,(H,32,33)(H,30,31,34). The fourth-order valence-corrected chi connectivity index (χ4v) is 4.75. The Balaban J connectivity index is 1.54. The van der Waals surface area contributed by atoms with Gasteiger partial charge in [0.15, 0.2) is 5.13 Å². The second kappa shape index (κ2) is 11.3. The van der Waals surface area contributed by atoms with Gasteiger partial charge in [-0.3, -0.25) is 14.9 Å². The topological polar surface area (TPSA) is 89.5 Å². The molecule has 0 aliphatic rings. The number of amides is 2. The minimum absolute atomic E-state index is 0.322. The van der Waals surface area contributed by atoms with E-state index in [1.807, 2.05) is 48.5 Å². The molecule has 0 bridgehead atoms. The van der Waals surface area contributed by atoms with Gasteiger partial charge in [0.05, 0.1) is 19.9 Å². The summed E-state index contributed by atoms with van der Waals surface area (Å²) in [5, 5.41) is 6.18. The predicted molar refractivity (Wildman–Crippen MR) is 147 cm³/mol. The summed E-state index contributed by atoms with van der Waals surface area (Å²) in [6.45, 7) is 3.29. The number of hydrogen-bond donors (Lipinski definition) is 2. The molecule has 8 heteroatoms. The number of nitrogens with zero attached hydrogens (tertiary/aromatic N) is 1. The van der Waals surface area contributed by atoms with Gasteiger partial charge in [-0.2, -0.15) is 0 Å². The SMILES string of the molecule is COc1cc(OC)cc(C(=O)NC(C)(C)C(=O)Nc2nc(-c3ccccc3)c(Cc3ccccc3)s2)c1. The molecule has 1 aromatic heterocycles. The van der Waals surface area contributed by atoms with E-state index in [4.69, 9.17) is 14.5 Å². The largest absolute Gasteiger partial charge is 0.497 e. The van der Waals surface area contributed by atoms with Crippen LogP contribution in [-0.4, -0.2) is 36.6 Å². The lowest BCUT2D eigenvalue weighted by atomic mass is 10.0. The van der Waals surface area contributed by atoms with Gasteiger partial charge in [-0.15, -0.1) is 11.3 Å². The first kappa shape index (κ1) is 25.9. The fourth-order valence-electron chi connectivity index (χ4n) is 3.73. The molecule has 0 aliphatic carbocycles. The van der Waals surface area contributed by atoms with E-state index in [1.54, 1.807) is 32.0 Å². The second-order valence-corrected chi connectivity index (χ2v) is 10.0. The van der Waals surface area contributed by atoms with E-state index in [-0.39, 0.29) is 5.91 Å². The van der Waals surface area contributed by atoms with Crippen LogP contribution in [0.3, 0.4) is 0 Å². The number of carbonyl (C=O) groups is 2. The maximum absolute atomic E-state index is 13.3. The van der Waals surface area contributed by atoms with Crippen molar-refractivity contribution in [2.45, 2.75) is 25.8 Å². The molecule has 37 heavy (non-hydrogen) atoms. The maximum Gasteiger partial charge on any atom is 0.252 e. The highest BCUT2D eigenvalue weighted by Gasteiger charge is 2.31. The zero-order valence-corrected chi connectivity index (χ0v) is 22.0. The molecule has 0 atom stereocenters. The van der Waals surface area contributed by atoms with Crippen LogP contribution in [-0.2, 0) is 11.2 Å². The van der Waals surface area contributed by atoms with Crippen molar-refractivity contribution < 1.29 is 19.1 Å². The van der Waals surface area contributed by atoms with Gasteiger partial charge in [0.25, 0.3) is 11.8 Å². The van der Waals surface area contributed by atoms with Crippen LogP contribution < -0.4 is 20.1 Å². The lowest BCUT2D eigenvalue weighted by molar-refractivity contribution is -0.120. The lowest BCUT2D eigenvalue weighted by Crippen LogP contribution is -2.52. The summed E-state index contributed by atoms with van der Waals surface area (Å²) >= 11 is 1.43. The number of rotatable bonds is 9.